The zero-order valence-corrected chi connectivity index (χ0v) is 15.7. The number of hydrogen-bond donors (Lipinski definition) is 0. The topological polar surface area (TPSA) is 68.2 Å². The van der Waals surface area contributed by atoms with Crippen LogP contribution in [0.25, 0.3) is 0 Å². The molecule has 1 aromatic rings. The number of halogens is 3. The van der Waals surface area contributed by atoms with Crippen LogP contribution in [0.5, 0.6) is 0 Å². The highest BCUT2D eigenvalue weighted by Gasteiger charge is 2.40. The Morgan fingerprint density at radius 1 is 1.08 bits per heavy atom. The first-order valence-corrected chi connectivity index (χ1v) is 9.78. The minimum atomic E-state index is -4.83. The lowest BCUT2D eigenvalue weighted by Gasteiger charge is -2.25. The molecular formula is C14H21F3N2O4S2. The first kappa shape index (κ1) is 22.0. The van der Waals surface area contributed by atoms with E-state index in [0.29, 0.717) is 0 Å². The van der Waals surface area contributed by atoms with E-state index in [0.717, 1.165) is 9.87 Å². The summed E-state index contributed by atoms with van der Waals surface area (Å²) in [5, 5.41) is 0. The number of ether oxygens (including phenoxy) is 2. The van der Waals surface area contributed by atoms with Gasteiger partial charge < -0.3 is 9.47 Å². The molecule has 6 nitrogen and oxygen atoms in total. The number of hydrogen-bond acceptors (Lipinski definition) is 4. The van der Waals surface area contributed by atoms with Gasteiger partial charge in [-0.05, 0) is 19.1 Å². The molecule has 1 rings (SSSR count). The normalized spacial score (nSPS) is 14.2. The summed E-state index contributed by atoms with van der Waals surface area (Å²) in [5.74, 6) is 0. The van der Waals surface area contributed by atoms with Gasteiger partial charge >= 0.3 is 5.51 Å². The smallest absolute Gasteiger partial charge is 0.383 e. The fourth-order valence-corrected chi connectivity index (χ4v) is 4.82. The monoisotopic (exact) mass is 402 g/mol. The number of sulfonamides is 1. The molecule has 25 heavy (non-hydrogen) atoms. The van der Waals surface area contributed by atoms with Gasteiger partial charge in [-0.2, -0.15) is 21.6 Å². The maximum absolute atomic E-state index is 13.5. The SMILES string of the molecule is COCCN(CCOC)/S(=N/S(=O)(=O)c1ccc(C)cc1)C(F)(F)F. The van der Waals surface area contributed by atoms with Crippen molar-refractivity contribution < 1.29 is 31.1 Å². The van der Waals surface area contributed by atoms with Gasteiger partial charge in [-0.25, -0.2) is 4.31 Å². The Hall–Kier alpha value is -1.01. The van der Waals surface area contributed by atoms with Crippen molar-refractivity contribution in [3.05, 3.63) is 29.8 Å². The number of nitrogens with zero attached hydrogens (tertiary/aromatic N) is 2. The summed E-state index contributed by atoms with van der Waals surface area (Å²) in [5.41, 5.74) is -4.05. The average Bonchev–Trinajstić information content (AvgIpc) is 2.53. The highest BCUT2D eigenvalue weighted by Crippen LogP contribution is 2.28. The number of rotatable bonds is 9. The molecule has 0 aliphatic rings. The largest absolute Gasteiger partial charge is 0.467 e. The van der Waals surface area contributed by atoms with Gasteiger partial charge in [0.05, 0.1) is 29.0 Å². The van der Waals surface area contributed by atoms with E-state index in [-0.39, 0.29) is 31.2 Å². The van der Waals surface area contributed by atoms with Gasteiger partial charge in [-0.15, -0.1) is 3.77 Å². The zero-order chi connectivity index (χ0) is 19.1. The highest BCUT2D eigenvalue weighted by molar-refractivity contribution is 7.99. The molecule has 0 heterocycles. The van der Waals surface area contributed by atoms with Crippen LogP contribution in [0.1, 0.15) is 5.56 Å². The van der Waals surface area contributed by atoms with Crippen LogP contribution in [-0.4, -0.2) is 58.8 Å². The van der Waals surface area contributed by atoms with Crippen molar-refractivity contribution >= 4 is 20.9 Å². The Labute approximate surface area is 148 Å². The molecule has 1 atom stereocenters. The lowest BCUT2D eigenvalue weighted by molar-refractivity contribution is -0.0401. The molecule has 0 radical (unpaired) electrons. The molecule has 0 spiro atoms. The molecule has 0 saturated heterocycles. The van der Waals surface area contributed by atoms with Gasteiger partial charge in [0, 0.05) is 27.3 Å². The first-order chi connectivity index (χ1) is 11.6. The molecule has 1 unspecified atom stereocenters. The number of methoxy groups -OCH3 is 2. The fourth-order valence-electron chi connectivity index (χ4n) is 1.75. The third kappa shape index (κ3) is 7.02. The summed E-state index contributed by atoms with van der Waals surface area (Å²) in [6, 6.07) is 5.48. The highest BCUT2D eigenvalue weighted by atomic mass is 32.3. The minimum absolute atomic E-state index is 0.00337. The molecule has 0 aromatic heterocycles. The maximum Gasteiger partial charge on any atom is 0.467 e. The zero-order valence-electron chi connectivity index (χ0n) is 14.1. The molecule has 11 heteroatoms. The molecule has 1 aromatic carbocycles. The predicted molar refractivity (Wildman–Crippen MR) is 89.5 cm³/mol. The summed E-state index contributed by atoms with van der Waals surface area (Å²) in [7, 11) is -4.61. The van der Waals surface area contributed by atoms with Crippen LogP contribution in [0.3, 0.4) is 0 Å². The van der Waals surface area contributed by atoms with E-state index < -0.39 is 26.4 Å². The molecule has 0 N–H and O–H groups in total. The van der Waals surface area contributed by atoms with Gasteiger partial charge in [0.1, 0.15) is 0 Å². The fraction of sp³-hybridized carbons (Fsp3) is 0.571. The Morgan fingerprint density at radius 2 is 1.56 bits per heavy atom. The summed E-state index contributed by atoms with van der Waals surface area (Å²) < 4.78 is 78.7. The van der Waals surface area contributed by atoms with Crippen molar-refractivity contribution in [1.82, 2.24) is 4.31 Å². The maximum atomic E-state index is 13.5. The van der Waals surface area contributed by atoms with E-state index in [4.69, 9.17) is 9.47 Å². The van der Waals surface area contributed by atoms with E-state index in [9.17, 15) is 21.6 Å². The van der Waals surface area contributed by atoms with Crippen molar-refractivity contribution in [1.29, 1.82) is 0 Å². The Morgan fingerprint density at radius 3 is 1.96 bits per heavy atom. The van der Waals surface area contributed by atoms with Crippen LogP contribution < -0.4 is 0 Å². The molecule has 0 aliphatic heterocycles. The standard InChI is InChI=1S/C14H21F3N2O4S2/c1-12-4-6-13(7-5-12)25(20,21)18-24(14(15,16)17)19(8-10-22-2)9-11-23-3/h4-7H,8-11H2,1-3H3. The van der Waals surface area contributed by atoms with Crippen LogP contribution >= 0.6 is 0 Å². The summed E-state index contributed by atoms with van der Waals surface area (Å²) in [6.45, 7) is 1.49. The summed E-state index contributed by atoms with van der Waals surface area (Å²) in [4.78, 5) is -0.279. The molecule has 144 valence electrons. The lowest BCUT2D eigenvalue weighted by Crippen LogP contribution is -2.39. The third-order valence-electron chi connectivity index (χ3n) is 3.03. The third-order valence-corrected chi connectivity index (χ3v) is 6.51. The Balaban J connectivity index is 3.30. The first-order valence-electron chi connectivity index (χ1n) is 7.20. The molecule has 0 amide bonds. The Bertz CT molecular complexity index is 668. The van der Waals surface area contributed by atoms with Crippen molar-refractivity contribution in [2.75, 3.05) is 40.5 Å². The Kier molecular flexibility index (Phi) is 8.48. The number of aryl methyl sites for hydroxylation is 1. The van der Waals surface area contributed by atoms with Crippen molar-refractivity contribution in [3.63, 3.8) is 0 Å². The van der Waals surface area contributed by atoms with Gasteiger partial charge in [-0.3, -0.25) is 0 Å². The summed E-state index contributed by atoms with van der Waals surface area (Å²) in [6.07, 6.45) is 0. The van der Waals surface area contributed by atoms with Gasteiger partial charge in [-0.1, -0.05) is 17.7 Å². The van der Waals surface area contributed by atoms with Crippen LogP contribution in [0.4, 0.5) is 13.2 Å². The molecule has 0 bridgehead atoms. The van der Waals surface area contributed by atoms with Crippen molar-refractivity contribution in [2.24, 2.45) is 3.77 Å². The predicted octanol–water partition coefficient (Wildman–Crippen LogP) is 2.52. The average molecular weight is 402 g/mol. The second-order valence-electron chi connectivity index (χ2n) is 4.99. The van der Waals surface area contributed by atoms with Gasteiger partial charge in [0.25, 0.3) is 10.0 Å². The molecule has 0 aliphatic carbocycles. The molecular weight excluding hydrogens is 381 g/mol. The van der Waals surface area contributed by atoms with Crippen LogP contribution in [0.15, 0.2) is 32.9 Å². The second kappa shape index (κ2) is 9.62. The second-order valence-corrected chi connectivity index (χ2v) is 8.51. The van der Waals surface area contributed by atoms with E-state index in [1.807, 2.05) is 0 Å². The van der Waals surface area contributed by atoms with Gasteiger partial charge in [0.2, 0.25) is 0 Å². The van der Waals surface area contributed by atoms with E-state index in [1.165, 1.54) is 38.5 Å². The van der Waals surface area contributed by atoms with Crippen LogP contribution in [0, 0.1) is 6.92 Å². The molecule has 0 fully saturated rings. The van der Waals surface area contributed by atoms with E-state index in [1.54, 1.807) is 6.92 Å². The van der Waals surface area contributed by atoms with Crippen molar-refractivity contribution in [3.8, 4) is 0 Å². The van der Waals surface area contributed by atoms with Gasteiger partial charge in [0.15, 0.2) is 0 Å². The lowest BCUT2D eigenvalue weighted by atomic mass is 10.2. The quantitative estimate of drug-likeness (QED) is 0.635. The van der Waals surface area contributed by atoms with E-state index >= 15 is 0 Å². The van der Waals surface area contributed by atoms with Crippen LogP contribution in [0.2, 0.25) is 0 Å². The van der Waals surface area contributed by atoms with Crippen LogP contribution in [-0.2, 0) is 30.4 Å². The minimum Gasteiger partial charge on any atom is -0.383 e. The number of alkyl halides is 3. The van der Waals surface area contributed by atoms with Crippen molar-refractivity contribution in [2.45, 2.75) is 17.3 Å². The summed E-state index contributed by atoms with van der Waals surface area (Å²) >= 11 is 0. The van der Waals surface area contributed by atoms with E-state index in [2.05, 4.69) is 3.77 Å². The number of benzene rings is 1. The molecule has 0 saturated carbocycles.